The summed E-state index contributed by atoms with van der Waals surface area (Å²) in [6, 6.07) is 7.59. The van der Waals surface area contributed by atoms with Gasteiger partial charge in [0.2, 0.25) is 11.9 Å². The van der Waals surface area contributed by atoms with E-state index in [-0.39, 0.29) is 17.1 Å². The Labute approximate surface area is 165 Å². The number of nitrogens with one attached hydrogen (secondary N) is 2. The molecule has 7 nitrogen and oxygen atoms in total. The topological polar surface area (TPSA) is 88.5 Å². The Morgan fingerprint density at radius 3 is 2.31 bits per heavy atom. The average molecular weight is 403 g/mol. The number of rotatable bonds is 5. The van der Waals surface area contributed by atoms with Crippen molar-refractivity contribution in [3.8, 4) is 11.5 Å². The van der Waals surface area contributed by atoms with E-state index in [2.05, 4.69) is 56.3 Å². The van der Waals surface area contributed by atoms with Crippen molar-refractivity contribution >= 4 is 17.6 Å². The SMILES string of the molecule is CC(C)(C)CNc1nc(Nc2ccnc(C(F)(F)F)c2)nc(-c2ccccn2)n1. The van der Waals surface area contributed by atoms with Crippen LogP contribution < -0.4 is 10.6 Å². The lowest BCUT2D eigenvalue weighted by atomic mass is 9.97. The standard InChI is InChI=1S/C19H20F3N7/c1-18(2,3)11-25-16-27-15(13-6-4-5-8-23-13)28-17(29-16)26-12-7-9-24-14(10-12)19(20,21)22/h4-10H,11H2,1-3H3,(H2,24,25,26,27,28,29). The second-order valence-electron chi connectivity index (χ2n) is 7.49. The molecule has 3 rings (SSSR count). The van der Waals surface area contributed by atoms with E-state index in [0.717, 1.165) is 12.3 Å². The van der Waals surface area contributed by atoms with Crippen molar-refractivity contribution in [3.05, 3.63) is 48.4 Å². The minimum absolute atomic E-state index is 0.0297. The molecular weight excluding hydrogens is 383 g/mol. The molecule has 0 unspecified atom stereocenters. The molecule has 0 radical (unpaired) electrons. The molecule has 0 aliphatic rings. The van der Waals surface area contributed by atoms with Crippen LogP contribution in [0.5, 0.6) is 0 Å². The molecule has 0 fully saturated rings. The third-order valence-electron chi connectivity index (χ3n) is 3.61. The molecule has 3 heterocycles. The van der Waals surface area contributed by atoms with E-state index in [1.165, 1.54) is 6.07 Å². The molecule has 0 bridgehead atoms. The first-order chi connectivity index (χ1) is 13.6. The first kappa shape index (κ1) is 20.4. The van der Waals surface area contributed by atoms with Crippen LogP contribution >= 0.6 is 0 Å². The highest BCUT2D eigenvalue weighted by Gasteiger charge is 2.32. The molecule has 0 aliphatic carbocycles. The molecule has 29 heavy (non-hydrogen) atoms. The first-order valence-electron chi connectivity index (χ1n) is 8.82. The van der Waals surface area contributed by atoms with Crippen LogP contribution in [0.4, 0.5) is 30.8 Å². The molecule has 3 aromatic rings. The van der Waals surface area contributed by atoms with Gasteiger partial charge in [0.15, 0.2) is 5.82 Å². The zero-order valence-electron chi connectivity index (χ0n) is 16.1. The van der Waals surface area contributed by atoms with Crippen LogP contribution in [0.25, 0.3) is 11.5 Å². The van der Waals surface area contributed by atoms with E-state index in [1.54, 1.807) is 24.4 Å². The molecule has 10 heteroatoms. The van der Waals surface area contributed by atoms with Crippen LogP contribution in [0.1, 0.15) is 26.5 Å². The predicted octanol–water partition coefficient (Wildman–Crippen LogP) is 4.55. The van der Waals surface area contributed by atoms with Crippen molar-refractivity contribution in [2.45, 2.75) is 26.9 Å². The lowest BCUT2D eigenvalue weighted by Gasteiger charge is -2.19. The van der Waals surface area contributed by atoms with Gasteiger partial charge in [0.25, 0.3) is 0 Å². The summed E-state index contributed by atoms with van der Waals surface area (Å²) in [4.78, 5) is 20.5. The van der Waals surface area contributed by atoms with Gasteiger partial charge in [-0.3, -0.25) is 9.97 Å². The van der Waals surface area contributed by atoms with E-state index in [4.69, 9.17) is 0 Å². The number of aromatic nitrogens is 5. The number of anilines is 3. The zero-order valence-corrected chi connectivity index (χ0v) is 16.1. The van der Waals surface area contributed by atoms with Gasteiger partial charge in [-0.2, -0.15) is 28.1 Å². The molecule has 2 N–H and O–H groups in total. The molecule has 0 aliphatic heterocycles. The summed E-state index contributed by atoms with van der Waals surface area (Å²) >= 11 is 0. The molecule has 0 saturated heterocycles. The van der Waals surface area contributed by atoms with Crippen LogP contribution in [-0.4, -0.2) is 31.5 Å². The second kappa shape index (κ2) is 7.98. The summed E-state index contributed by atoms with van der Waals surface area (Å²) in [6.45, 7) is 6.74. The van der Waals surface area contributed by atoms with Crippen LogP contribution in [-0.2, 0) is 6.18 Å². The number of alkyl halides is 3. The summed E-state index contributed by atoms with van der Waals surface area (Å²) in [5.41, 5.74) is -0.361. The largest absolute Gasteiger partial charge is 0.433 e. The van der Waals surface area contributed by atoms with Gasteiger partial charge < -0.3 is 10.6 Å². The minimum atomic E-state index is -4.55. The lowest BCUT2D eigenvalue weighted by molar-refractivity contribution is -0.141. The number of pyridine rings is 2. The summed E-state index contributed by atoms with van der Waals surface area (Å²) in [5, 5.41) is 5.93. The normalized spacial score (nSPS) is 11.9. The molecule has 0 spiro atoms. The highest BCUT2D eigenvalue weighted by molar-refractivity contribution is 5.58. The Hall–Kier alpha value is -3.30. The maximum absolute atomic E-state index is 12.9. The zero-order chi connectivity index (χ0) is 21.1. The number of nitrogens with zero attached hydrogens (tertiary/aromatic N) is 5. The van der Waals surface area contributed by atoms with E-state index < -0.39 is 11.9 Å². The van der Waals surface area contributed by atoms with Gasteiger partial charge in [-0.25, -0.2) is 0 Å². The lowest BCUT2D eigenvalue weighted by Crippen LogP contribution is -2.21. The van der Waals surface area contributed by atoms with Crippen molar-refractivity contribution in [2.75, 3.05) is 17.2 Å². The minimum Gasteiger partial charge on any atom is -0.354 e. The van der Waals surface area contributed by atoms with Gasteiger partial charge in [-0.15, -0.1) is 0 Å². The fourth-order valence-electron chi connectivity index (χ4n) is 2.26. The highest BCUT2D eigenvalue weighted by atomic mass is 19.4. The Kier molecular flexibility index (Phi) is 5.62. The third-order valence-corrected chi connectivity index (χ3v) is 3.61. The van der Waals surface area contributed by atoms with Crippen LogP contribution in [0.2, 0.25) is 0 Å². The second-order valence-corrected chi connectivity index (χ2v) is 7.49. The van der Waals surface area contributed by atoms with Crippen molar-refractivity contribution in [2.24, 2.45) is 5.41 Å². The van der Waals surface area contributed by atoms with Crippen molar-refractivity contribution in [3.63, 3.8) is 0 Å². The van der Waals surface area contributed by atoms with E-state index in [9.17, 15) is 13.2 Å². The summed E-state index contributed by atoms with van der Waals surface area (Å²) in [5.74, 6) is 0.684. The van der Waals surface area contributed by atoms with Gasteiger partial charge in [0, 0.05) is 24.6 Å². The molecular formula is C19H20F3N7. The smallest absolute Gasteiger partial charge is 0.354 e. The van der Waals surface area contributed by atoms with Gasteiger partial charge in [-0.05, 0) is 29.7 Å². The Morgan fingerprint density at radius 1 is 0.897 bits per heavy atom. The van der Waals surface area contributed by atoms with Gasteiger partial charge in [-0.1, -0.05) is 26.8 Å². The molecule has 0 amide bonds. The Bertz CT molecular complexity index is 970. The third kappa shape index (κ3) is 5.84. The van der Waals surface area contributed by atoms with Crippen LogP contribution in [0.15, 0.2) is 42.7 Å². The van der Waals surface area contributed by atoms with Gasteiger partial charge in [0.05, 0.1) is 0 Å². The predicted molar refractivity (Wildman–Crippen MR) is 104 cm³/mol. The van der Waals surface area contributed by atoms with Crippen molar-refractivity contribution < 1.29 is 13.2 Å². The van der Waals surface area contributed by atoms with E-state index in [0.29, 0.717) is 24.0 Å². The van der Waals surface area contributed by atoms with E-state index in [1.807, 2.05) is 0 Å². The summed E-state index contributed by atoms with van der Waals surface area (Å²) < 4.78 is 38.8. The van der Waals surface area contributed by atoms with Gasteiger partial charge >= 0.3 is 6.18 Å². The molecule has 3 aromatic heterocycles. The highest BCUT2D eigenvalue weighted by Crippen LogP contribution is 2.29. The quantitative estimate of drug-likeness (QED) is 0.646. The summed E-state index contributed by atoms with van der Waals surface area (Å²) in [6.07, 6.45) is -1.87. The maximum atomic E-state index is 12.9. The number of hydrogen-bond acceptors (Lipinski definition) is 7. The fraction of sp³-hybridized carbons (Fsp3) is 0.316. The fourth-order valence-corrected chi connectivity index (χ4v) is 2.26. The maximum Gasteiger partial charge on any atom is 0.433 e. The summed E-state index contributed by atoms with van der Waals surface area (Å²) in [7, 11) is 0. The average Bonchev–Trinajstić information content (AvgIpc) is 2.66. The van der Waals surface area contributed by atoms with Gasteiger partial charge in [0.1, 0.15) is 11.4 Å². The monoisotopic (exact) mass is 403 g/mol. The van der Waals surface area contributed by atoms with Crippen LogP contribution in [0.3, 0.4) is 0 Å². The molecule has 152 valence electrons. The molecule has 0 atom stereocenters. The Balaban J connectivity index is 1.95. The van der Waals surface area contributed by atoms with Crippen molar-refractivity contribution in [1.82, 2.24) is 24.9 Å². The molecule has 0 saturated carbocycles. The number of halogens is 3. The van der Waals surface area contributed by atoms with Crippen molar-refractivity contribution in [1.29, 1.82) is 0 Å². The number of hydrogen-bond donors (Lipinski definition) is 2. The first-order valence-corrected chi connectivity index (χ1v) is 8.82. The molecule has 0 aromatic carbocycles. The van der Waals surface area contributed by atoms with E-state index >= 15 is 0 Å². The van der Waals surface area contributed by atoms with Crippen LogP contribution in [0, 0.1) is 5.41 Å². The Morgan fingerprint density at radius 2 is 1.66 bits per heavy atom.